The number of carbonyl (C=O) groups excluding carboxylic acids is 2. The molecule has 1 N–H and O–H groups in total. The molecule has 1 aliphatic heterocycles. The lowest BCUT2D eigenvalue weighted by Gasteiger charge is -2.20. The van der Waals surface area contributed by atoms with E-state index in [1.165, 1.54) is 0 Å². The fourth-order valence-electron chi connectivity index (χ4n) is 3.28. The largest absolute Gasteiger partial charge is 0.333 e. The molecule has 0 spiro atoms. The van der Waals surface area contributed by atoms with Crippen molar-refractivity contribution in [2.24, 2.45) is 0 Å². The van der Waals surface area contributed by atoms with E-state index in [4.69, 9.17) is 0 Å². The minimum Gasteiger partial charge on any atom is -0.333 e. The van der Waals surface area contributed by atoms with Crippen LogP contribution in [-0.4, -0.2) is 34.8 Å². The summed E-state index contributed by atoms with van der Waals surface area (Å²) in [4.78, 5) is 30.7. The summed E-state index contributed by atoms with van der Waals surface area (Å²) < 4.78 is 0. The Morgan fingerprint density at radius 2 is 1.92 bits per heavy atom. The van der Waals surface area contributed by atoms with Gasteiger partial charge >= 0.3 is 0 Å². The molecule has 0 saturated carbocycles. The fourth-order valence-corrected chi connectivity index (χ4v) is 3.28. The van der Waals surface area contributed by atoms with Crippen LogP contribution in [0.3, 0.4) is 0 Å². The van der Waals surface area contributed by atoms with Crippen molar-refractivity contribution in [3.05, 3.63) is 47.7 Å². The molecule has 2 heterocycles. The maximum atomic E-state index is 12.4. The third kappa shape index (κ3) is 4.28. The predicted octanol–water partition coefficient (Wildman–Crippen LogP) is 3.71. The van der Waals surface area contributed by atoms with Crippen LogP contribution in [0, 0.1) is 13.8 Å². The number of amides is 2. The Labute approximate surface area is 154 Å². The number of anilines is 1. The number of likely N-dealkylation sites (tertiary alicyclic amines) is 1. The Morgan fingerprint density at radius 1 is 1.15 bits per heavy atom. The van der Waals surface area contributed by atoms with Crippen molar-refractivity contribution in [2.75, 3.05) is 18.4 Å². The summed E-state index contributed by atoms with van der Waals surface area (Å²) in [5.74, 6) is 0.393. The van der Waals surface area contributed by atoms with Gasteiger partial charge < -0.3 is 10.2 Å². The first-order valence-electron chi connectivity index (χ1n) is 9.16. The summed E-state index contributed by atoms with van der Waals surface area (Å²) in [6.07, 6.45) is 3.45. The standard InChI is InChI=1S/C21H25N3O2/c1-15-16(2)22-19(13-18(15)17-9-5-3-6-10-17)23-20(25)14-24-12-8-4-7-11-21(24)26/h3,5-6,9-10,13H,4,7-8,11-12,14H2,1-2H3,(H,22,23,25). The summed E-state index contributed by atoms with van der Waals surface area (Å²) in [6, 6.07) is 12.0. The molecule has 0 bridgehead atoms. The molecule has 0 atom stereocenters. The van der Waals surface area contributed by atoms with Crippen LogP contribution in [0.1, 0.15) is 36.9 Å². The third-order valence-electron chi connectivity index (χ3n) is 4.87. The number of aromatic nitrogens is 1. The molecule has 1 aromatic heterocycles. The number of pyridine rings is 1. The third-order valence-corrected chi connectivity index (χ3v) is 4.87. The lowest BCUT2D eigenvalue weighted by molar-refractivity contribution is -0.134. The van der Waals surface area contributed by atoms with Gasteiger partial charge in [0.25, 0.3) is 0 Å². The normalized spacial score (nSPS) is 14.8. The quantitative estimate of drug-likeness (QED) is 0.913. The van der Waals surface area contributed by atoms with Crippen LogP contribution in [0.2, 0.25) is 0 Å². The van der Waals surface area contributed by atoms with Crippen molar-refractivity contribution in [1.29, 1.82) is 0 Å². The van der Waals surface area contributed by atoms with E-state index in [1.807, 2.05) is 50.2 Å². The number of hydrogen-bond acceptors (Lipinski definition) is 3. The molecule has 1 fully saturated rings. The van der Waals surface area contributed by atoms with Crippen molar-refractivity contribution in [1.82, 2.24) is 9.88 Å². The Kier molecular flexibility index (Phi) is 5.66. The van der Waals surface area contributed by atoms with Crippen molar-refractivity contribution in [2.45, 2.75) is 39.5 Å². The van der Waals surface area contributed by atoms with E-state index < -0.39 is 0 Å². The number of hydrogen-bond donors (Lipinski definition) is 1. The van der Waals surface area contributed by atoms with E-state index in [0.717, 1.165) is 41.6 Å². The number of benzene rings is 1. The maximum absolute atomic E-state index is 12.4. The highest BCUT2D eigenvalue weighted by atomic mass is 16.2. The molecule has 0 radical (unpaired) electrons. The van der Waals surface area contributed by atoms with Crippen LogP contribution in [-0.2, 0) is 9.59 Å². The van der Waals surface area contributed by atoms with Gasteiger partial charge in [0.05, 0.1) is 6.54 Å². The van der Waals surface area contributed by atoms with Crippen LogP contribution in [0.25, 0.3) is 11.1 Å². The molecule has 0 unspecified atom stereocenters. The zero-order valence-electron chi connectivity index (χ0n) is 15.4. The average Bonchev–Trinajstić information content (AvgIpc) is 2.83. The van der Waals surface area contributed by atoms with Crippen LogP contribution >= 0.6 is 0 Å². The Bertz CT molecular complexity index is 802. The van der Waals surface area contributed by atoms with Crippen LogP contribution in [0.15, 0.2) is 36.4 Å². The number of rotatable bonds is 4. The lowest BCUT2D eigenvalue weighted by atomic mass is 10.0. The van der Waals surface area contributed by atoms with E-state index in [9.17, 15) is 9.59 Å². The lowest BCUT2D eigenvalue weighted by Crippen LogP contribution is -2.37. The van der Waals surface area contributed by atoms with Gasteiger partial charge in [0, 0.05) is 18.7 Å². The van der Waals surface area contributed by atoms with Crippen LogP contribution in [0.5, 0.6) is 0 Å². The van der Waals surface area contributed by atoms with E-state index >= 15 is 0 Å². The molecule has 0 aliphatic carbocycles. The van der Waals surface area contributed by atoms with E-state index in [1.54, 1.807) is 4.90 Å². The fraction of sp³-hybridized carbons (Fsp3) is 0.381. The SMILES string of the molecule is Cc1nc(NC(=O)CN2CCCCCC2=O)cc(-c2ccccc2)c1C. The first kappa shape index (κ1) is 18.1. The molecule has 3 rings (SSSR count). The second-order valence-electron chi connectivity index (χ2n) is 6.81. The maximum Gasteiger partial charge on any atom is 0.245 e. The van der Waals surface area contributed by atoms with Crippen molar-refractivity contribution in [3.63, 3.8) is 0 Å². The second-order valence-corrected chi connectivity index (χ2v) is 6.81. The molecule has 26 heavy (non-hydrogen) atoms. The van der Waals surface area contributed by atoms with E-state index in [-0.39, 0.29) is 18.4 Å². The minimum absolute atomic E-state index is 0.0654. The molecular formula is C21H25N3O2. The van der Waals surface area contributed by atoms with E-state index in [0.29, 0.717) is 18.8 Å². The smallest absolute Gasteiger partial charge is 0.245 e. The average molecular weight is 351 g/mol. The van der Waals surface area contributed by atoms with Crippen molar-refractivity contribution >= 4 is 17.6 Å². The Hall–Kier alpha value is -2.69. The highest BCUT2D eigenvalue weighted by Crippen LogP contribution is 2.27. The van der Waals surface area contributed by atoms with Gasteiger partial charge in [0.15, 0.2) is 0 Å². The van der Waals surface area contributed by atoms with Crippen LogP contribution < -0.4 is 5.32 Å². The topological polar surface area (TPSA) is 62.3 Å². The molecule has 1 aromatic carbocycles. The molecule has 2 amide bonds. The van der Waals surface area contributed by atoms with Crippen molar-refractivity contribution in [3.8, 4) is 11.1 Å². The summed E-state index contributed by atoms with van der Waals surface area (Å²) in [5, 5.41) is 2.86. The summed E-state index contributed by atoms with van der Waals surface area (Å²) in [6.45, 7) is 4.72. The van der Waals surface area contributed by atoms with Gasteiger partial charge in [-0.3, -0.25) is 9.59 Å². The Morgan fingerprint density at radius 3 is 2.69 bits per heavy atom. The molecule has 1 saturated heterocycles. The number of nitrogens with one attached hydrogen (secondary N) is 1. The van der Waals surface area contributed by atoms with Gasteiger partial charge in [0.2, 0.25) is 11.8 Å². The molecule has 5 nitrogen and oxygen atoms in total. The van der Waals surface area contributed by atoms with Gasteiger partial charge in [-0.1, -0.05) is 36.8 Å². The van der Waals surface area contributed by atoms with Crippen LogP contribution in [0.4, 0.5) is 5.82 Å². The van der Waals surface area contributed by atoms with Gasteiger partial charge in [-0.05, 0) is 49.4 Å². The van der Waals surface area contributed by atoms with Gasteiger partial charge in [-0.25, -0.2) is 4.98 Å². The van der Waals surface area contributed by atoms with Gasteiger partial charge in [0.1, 0.15) is 5.82 Å². The van der Waals surface area contributed by atoms with Crippen molar-refractivity contribution < 1.29 is 9.59 Å². The predicted molar refractivity (Wildman–Crippen MR) is 103 cm³/mol. The molecule has 2 aromatic rings. The minimum atomic E-state index is -0.199. The van der Waals surface area contributed by atoms with E-state index in [2.05, 4.69) is 10.3 Å². The molecule has 1 aliphatic rings. The van der Waals surface area contributed by atoms with Gasteiger partial charge in [-0.15, -0.1) is 0 Å². The first-order chi connectivity index (χ1) is 12.5. The number of nitrogens with zero attached hydrogens (tertiary/aromatic N) is 2. The number of carbonyl (C=O) groups is 2. The molecule has 136 valence electrons. The summed E-state index contributed by atoms with van der Waals surface area (Å²) in [5.41, 5.74) is 4.12. The zero-order valence-corrected chi connectivity index (χ0v) is 15.4. The molecular weight excluding hydrogens is 326 g/mol. The summed E-state index contributed by atoms with van der Waals surface area (Å²) >= 11 is 0. The van der Waals surface area contributed by atoms with Gasteiger partial charge in [-0.2, -0.15) is 0 Å². The highest BCUT2D eigenvalue weighted by molar-refractivity contribution is 5.94. The zero-order chi connectivity index (χ0) is 18.5. The summed E-state index contributed by atoms with van der Waals surface area (Å²) in [7, 11) is 0. The Balaban J connectivity index is 1.76. The first-order valence-corrected chi connectivity index (χ1v) is 9.16. The second kappa shape index (κ2) is 8.13. The number of aryl methyl sites for hydroxylation is 1. The molecule has 5 heteroatoms. The monoisotopic (exact) mass is 351 g/mol. The highest BCUT2D eigenvalue weighted by Gasteiger charge is 2.19.